The van der Waals surface area contributed by atoms with Crippen molar-refractivity contribution in [1.29, 1.82) is 0 Å². The molecule has 0 bridgehead atoms. The van der Waals surface area contributed by atoms with Crippen LogP contribution in [0.25, 0.3) is 11.1 Å². The predicted octanol–water partition coefficient (Wildman–Crippen LogP) is 5.69. The highest BCUT2D eigenvalue weighted by Gasteiger charge is 2.12. The first-order valence-electron chi connectivity index (χ1n) is 6.28. The zero-order chi connectivity index (χ0) is 13.8. The molecule has 2 aromatic rings. The molecule has 20 heavy (non-hydrogen) atoms. The molecule has 0 nitrogen and oxygen atoms in total. The third-order valence-electron chi connectivity index (χ3n) is 3.13. The van der Waals surface area contributed by atoms with Gasteiger partial charge in [-0.1, -0.05) is 56.0 Å². The van der Waals surface area contributed by atoms with E-state index in [1.807, 2.05) is 37.3 Å². The lowest BCUT2D eigenvalue weighted by Gasteiger charge is -2.07. The van der Waals surface area contributed by atoms with Gasteiger partial charge in [0.05, 0.1) is 0 Å². The standard InChI is InChI=1S/C17H16F2.CH4/c1-3-4-5-13-7-9-14(10-8-13)15-11-6-12(2)16(18)17(15)19;/h3-4,6-11H,5H2,1-2H3;1H4. The number of hydrogen-bond acceptors (Lipinski definition) is 0. The summed E-state index contributed by atoms with van der Waals surface area (Å²) < 4.78 is 27.4. The second-order valence-corrected chi connectivity index (χ2v) is 4.53. The Bertz CT molecular complexity index is 596. The topological polar surface area (TPSA) is 0 Å². The van der Waals surface area contributed by atoms with Gasteiger partial charge in [-0.3, -0.25) is 0 Å². The second-order valence-electron chi connectivity index (χ2n) is 4.53. The lowest BCUT2D eigenvalue weighted by Crippen LogP contribution is -1.93. The molecular weight excluding hydrogens is 254 g/mol. The molecule has 0 radical (unpaired) electrons. The van der Waals surface area contributed by atoms with Crippen LogP contribution in [0.2, 0.25) is 0 Å². The normalized spacial score (nSPS) is 10.6. The summed E-state index contributed by atoms with van der Waals surface area (Å²) in [6, 6.07) is 10.7. The Kier molecular flexibility index (Phi) is 5.63. The highest BCUT2D eigenvalue weighted by atomic mass is 19.2. The van der Waals surface area contributed by atoms with Crippen molar-refractivity contribution in [2.75, 3.05) is 0 Å². The molecule has 0 aromatic heterocycles. The molecule has 2 heteroatoms. The van der Waals surface area contributed by atoms with Gasteiger partial charge in [-0.15, -0.1) is 0 Å². The first-order chi connectivity index (χ1) is 9.13. The third kappa shape index (κ3) is 3.32. The quantitative estimate of drug-likeness (QED) is 0.630. The average molecular weight is 274 g/mol. The fourth-order valence-electron chi connectivity index (χ4n) is 1.94. The van der Waals surface area contributed by atoms with E-state index in [2.05, 4.69) is 6.08 Å². The Morgan fingerprint density at radius 3 is 2.20 bits per heavy atom. The summed E-state index contributed by atoms with van der Waals surface area (Å²) in [6.45, 7) is 3.53. The summed E-state index contributed by atoms with van der Waals surface area (Å²) in [5.74, 6) is -1.54. The molecule has 0 N–H and O–H groups in total. The molecule has 106 valence electrons. The maximum absolute atomic E-state index is 13.9. The number of halogens is 2. The Labute approximate surface area is 119 Å². The van der Waals surface area contributed by atoms with Gasteiger partial charge in [0.1, 0.15) is 0 Å². The summed E-state index contributed by atoms with van der Waals surface area (Å²) >= 11 is 0. The first-order valence-corrected chi connectivity index (χ1v) is 6.28. The molecule has 0 amide bonds. The molecule has 0 saturated heterocycles. The van der Waals surface area contributed by atoms with Crippen molar-refractivity contribution in [3.63, 3.8) is 0 Å². The van der Waals surface area contributed by atoms with E-state index in [0.717, 1.165) is 12.0 Å². The number of aryl methyl sites for hydroxylation is 1. The van der Waals surface area contributed by atoms with Crippen molar-refractivity contribution in [2.45, 2.75) is 27.7 Å². The lowest BCUT2D eigenvalue weighted by atomic mass is 10.0. The highest BCUT2D eigenvalue weighted by Crippen LogP contribution is 2.26. The zero-order valence-electron chi connectivity index (χ0n) is 11.1. The monoisotopic (exact) mass is 274 g/mol. The predicted molar refractivity (Wildman–Crippen MR) is 81.8 cm³/mol. The van der Waals surface area contributed by atoms with Gasteiger partial charge in [-0.25, -0.2) is 8.78 Å². The molecule has 0 aliphatic carbocycles. The minimum atomic E-state index is -0.777. The zero-order valence-corrected chi connectivity index (χ0v) is 11.1. The smallest absolute Gasteiger partial charge is 0.166 e. The third-order valence-corrected chi connectivity index (χ3v) is 3.13. The average Bonchev–Trinajstić information content (AvgIpc) is 2.44. The van der Waals surface area contributed by atoms with Crippen LogP contribution in [0.3, 0.4) is 0 Å². The van der Waals surface area contributed by atoms with E-state index in [4.69, 9.17) is 0 Å². The van der Waals surface area contributed by atoms with E-state index in [1.165, 1.54) is 0 Å². The molecular formula is C18H20F2. The lowest BCUT2D eigenvalue weighted by molar-refractivity contribution is 0.505. The van der Waals surface area contributed by atoms with Crippen LogP contribution in [0.5, 0.6) is 0 Å². The van der Waals surface area contributed by atoms with Gasteiger partial charge >= 0.3 is 0 Å². The summed E-state index contributed by atoms with van der Waals surface area (Å²) in [5.41, 5.74) is 2.47. The van der Waals surface area contributed by atoms with Crippen molar-refractivity contribution in [3.8, 4) is 11.1 Å². The molecule has 0 atom stereocenters. The van der Waals surface area contributed by atoms with Gasteiger partial charge in [-0.05, 0) is 37.0 Å². The number of benzene rings is 2. The number of rotatable bonds is 3. The van der Waals surface area contributed by atoms with Crippen LogP contribution < -0.4 is 0 Å². The van der Waals surface area contributed by atoms with Crippen molar-refractivity contribution in [3.05, 3.63) is 71.3 Å². The van der Waals surface area contributed by atoms with E-state index in [0.29, 0.717) is 16.7 Å². The Morgan fingerprint density at radius 1 is 0.950 bits per heavy atom. The van der Waals surface area contributed by atoms with Crippen molar-refractivity contribution in [2.24, 2.45) is 0 Å². The molecule has 0 spiro atoms. The van der Waals surface area contributed by atoms with Crippen LogP contribution in [0, 0.1) is 18.6 Å². The molecule has 0 unspecified atom stereocenters. The van der Waals surface area contributed by atoms with E-state index in [-0.39, 0.29) is 7.43 Å². The molecule has 0 aliphatic rings. The summed E-state index contributed by atoms with van der Waals surface area (Å²) in [6.07, 6.45) is 4.89. The Morgan fingerprint density at radius 2 is 1.60 bits per heavy atom. The maximum atomic E-state index is 13.9. The Balaban J connectivity index is 0.00000200. The maximum Gasteiger partial charge on any atom is 0.166 e. The van der Waals surface area contributed by atoms with E-state index < -0.39 is 11.6 Å². The second kappa shape index (κ2) is 6.99. The molecule has 0 fully saturated rings. The van der Waals surface area contributed by atoms with E-state index >= 15 is 0 Å². The number of hydrogen-bond donors (Lipinski definition) is 0. The molecule has 2 rings (SSSR count). The van der Waals surface area contributed by atoms with Crippen LogP contribution in [-0.4, -0.2) is 0 Å². The summed E-state index contributed by atoms with van der Waals surface area (Å²) in [5, 5.41) is 0. The van der Waals surface area contributed by atoms with Crippen LogP contribution in [0.4, 0.5) is 8.78 Å². The van der Waals surface area contributed by atoms with Crippen LogP contribution in [0.15, 0.2) is 48.6 Å². The van der Waals surface area contributed by atoms with Crippen molar-refractivity contribution in [1.82, 2.24) is 0 Å². The minimum Gasteiger partial charge on any atom is -0.203 e. The summed E-state index contributed by atoms with van der Waals surface area (Å²) in [7, 11) is 0. The molecule has 2 aromatic carbocycles. The number of allylic oxidation sites excluding steroid dienone is 2. The van der Waals surface area contributed by atoms with Crippen LogP contribution >= 0.6 is 0 Å². The van der Waals surface area contributed by atoms with Gasteiger partial charge in [0, 0.05) is 5.56 Å². The van der Waals surface area contributed by atoms with Gasteiger partial charge in [-0.2, -0.15) is 0 Å². The van der Waals surface area contributed by atoms with Crippen molar-refractivity contribution < 1.29 is 8.78 Å². The van der Waals surface area contributed by atoms with Crippen LogP contribution in [-0.2, 0) is 6.42 Å². The fraction of sp³-hybridized carbons (Fsp3) is 0.222. The minimum absolute atomic E-state index is 0. The van der Waals surface area contributed by atoms with E-state index in [9.17, 15) is 8.78 Å². The van der Waals surface area contributed by atoms with Gasteiger partial charge < -0.3 is 0 Å². The van der Waals surface area contributed by atoms with E-state index in [1.54, 1.807) is 19.1 Å². The van der Waals surface area contributed by atoms with Gasteiger partial charge in [0.15, 0.2) is 11.6 Å². The summed E-state index contributed by atoms with van der Waals surface area (Å²) in [4.78, 5) is 0. The SMILES string of the molecule is C.CC=CCc1ccc(-c2ccc(C)c(F)c2F)cc1. The Hall–Kier alpha value is -1.96. The molecule has 0 saturated carbocycles. The van der Waals surface area contributed by atoms with Gasteiger partial charge in [0.2, 0.25) is 0 Å². The molecule has 0 aliphatic heterocycles. The highest BCUT2D eigenvalue weighted by molar-refractivity contribution is 5.65. The van der Waals surface area contributed by atoms with Crippen LogP contribution in [0.1, 0.15) is 25.5 Å². The molecule has 0 heterocycles. The van der Waals surface area contributed by atoms with Gasteiger partial charge in [0.25, 0.3) is 0 Å². The first kappa shape index (κ1) is 16.1. The fourth-order valence-corrected chi connectivity index (χ4v) is 1.94. The van der Waals surface area contributed by atoms with Crippen molar-refractivity contribution >= 4 is 0 Å². The largest absolute Gasteiger partial charge is 0.203 e.